The monoisotopic (exact) mass is 496 g/mol. The molecule has 4 rings (SSSR count). The first-order valence-corrected chi connectivity index (χ1v) is 12.5. The zero-order chi connectivity index (χ0) is 26.4. The third-order valence-corrected chi connectivity index (χ3v) is 6.91. The Morgan fingerprint density at radius 1 is 1.31 bits per heavy atom. The van der Waals surface area contributed by atoms with E-state index >= 15 is 0 Å². The number of aromatic nitrogens is 1. The molecule has 1 aromatic heterocycles. The summed E-state index contributed by atoms with van der Waals surface area (Å²) < 4.78 is 13.0. The van der Waals surface area contributed by atoms with E-state index in [1.807, 2.05) is 32.9 Å². The van der Waals surface area contributed by atoms with E-state index in [1.54, 1.807) is 31.7 Å². The van der Waals surface area contributed by atoms with Gasteiger partial charge in [0.25, 0.3) is 0 Å². The van der Waals surface area contributed by atoms with E-state index in [4.69, 9.17) is 9.47 Å². The first-order chi connectivity index (χ1) is 16.8. The van der Waals surface area contributed by atoms with Gasteiger partial charge in [0.15, 0.2) is 0 Å². The number of carbonyl (C=O) groups excluding carboxylic acids is 2. The number of hydrogen-bond donors (Lipinski definition) is 2. The molecule has 2 aliphatic rings. The van der Waals surface area contributed by atoms with Gasteiger partial charge in [-0.1, -0.05) is 0 Å². The lowest BCUT2D eigenvalue weighted by molar-refractivity contribution is -0.0106. The second-order valence-electron chi connectivity index (χ2n) is 11.4. The van der Waals surface area contributed by atoms with Gasteiger partial charge in [-0.05, 0) is 78.1 Å². The van der Waals surface area contributed by atoms with Gasteiger partial charge in [-0.2, -0.15) is 5.26 Å². The van der Waals surface area contributed by atoms with E-state index in [-0.39, 0.29) is 12.1 Å². The molecule has 0 saturated carbocycles. The van der Waals surface area contributed by atoms with Gasteiger partial charge in [0.05, 0.1) is 29.4 Å². The molecule has 0 bridgehead atoms. The average Bonchev–Trinajstić information content (AvgIpc) is 3.37. The Labute approximate surface area is 212 Å². The highest BCUT2D eigenvalue weighted by Crippen LogP contribution is 2.37. The number of carbonyl (C=O) groups is 2. The number of nitrogens with one attached hydrogen (secondary N) is 1. The van der Waals surface area contributed by atoms with Gasteiger partial charge in [-0.3, -0.25) is 0 Å². The van der Waals surface area contributed by atoms with Crippen LogP contribution in [0.15, 0.2) is 18.2 Å². The van der Waals surface area contributed by atoms with Crippen LogP contribution in [0.4, 0.5) is 9.59 Å². The molecule has 36 heavy (non-hydrogen) atoms. The van der Waals surface area contributed by atoms with Crippen molar-refractivity contribution in [3.8, 4) is 6.07 Å². The third kappa shape index (κ3) is 5.14. The number of hydrogen-bond acceptors (Lipinski definition) is 6. The maximum atomic E-state index is 13.0. The lowest BCUT2D eigenvalue weighted by Crippen LogP contribution is -2.49. The van der Waals surface area contributed by atoms with Gasteiger partial charge in [-0.25, -0.2) is 9.59 Å². The summed E-state index contributed by atoms with van der Waals surface area (Å²) in [5.74, 6) is 0. The molecule has 0 spiro atoms. The molecule has 0 radical (unpaired) electrons. The minimum atomic E-state index is -1.09. The van der Waals surface area contributed by atoms with Gasteiger partial charge in [-0.15, -0.1) is 0 Å². The normalized spacial score (nSPS) is 23.6. The molecular formula is C27H36N4O5. The molecular weight excluding hydrogens is 460 g/mol. The number of nitrogens with zero attached hydrogens (tertiary/aromatic N) is 3. The number of likely N-dealkylation sites (tertiary alicyclic amines) is 1. The van der Waals surface area contributed by atoms with Crippen molar-refractivity contribution in [1.82, 2.24) is 14.8 Å². The number of nitriles is 1. The van der Waals surface area contributed by atoms with E-state index in [2.05, 4.69) is 16.0 Å². The standard InChI is InChI=1S/C27H36N4O5/c1-16(2)35-24(32)29-18-12-20-19-11-17(14-28)7-8-21(19)31(22(20)13-18)15-23-27(6,34)9-10-30(23)25(33)36-26(3,4)5/h7-8,11,16,18,23,34H,9-10,12-13,15H2,1-6H3,(H,29,32)/t18-,23+,27+/m0/s1. The topological polar surface area (TPSA) is 117 Å². The van der Waals surface area contributed by atoms with Crippen LogP contribution in [0.25, 0.3) is 10.9 Å². The smallest absolute Gasteiger partial charge is 0.410 e. The molecule has 194 valence electrons. The Morgan fingerprint density at radius 2 is 2.03 bits per heavy atom. The molecule has 3 atom stereocenters. The molecule has 1 fully saturated rings. The van der Waals surface area contributed by atoms with E-state index in [9.17, 15) is 20.0 Å². The van der Waals surface area contributed by atoms with Gasteiger partial charge >= 0.3 is 12.2 Å². The molecule has 9 nitrogen and oxygen atoms in total. The fourth-order valence-corrected chi connectivity index (χ4v) is 5.30. The summed E-state index contributed by atoms with van der Waals surface area (Å²) in [4.78, 5) is 26.9. The van der Waals surface area contributed by atoms with Crippen LogP contribution in [0, 0.1) is 11.3 Å². The Kier molecular flexibility index (Phi) is 6.69. The van der Waals surface area contributed by atoms with E-state index in [0.29, 0.717) is 37.9 Å². The summed E-state index contributed by atoms with van der Waals surface area (Å²) in [6.07, 6.45) is 0.523. The van der Waals surface area contributed by atoms with Crippen molar-refractivity contribution in [1.29, 1.82) is 5.26 Å². The highest BCUT2D eigenvalue weighted by Gasteiger charge is 2.47. The summed E-state index contributed by atoms with van der Waals surface area (Å²) >= 11 is 0. The predicted octanol–water partition coefficient (Wildman–Crippen LogP) is 3.88. The third-order valence-electron chi connectivity index (χ3n) is 6.91. The number of ether oxygens (including phenoxy) is 2. The molecule has 0 unspecified atom stereocenters. The van der Waals surface area contributed by atoms with Gasteiger partial charge < -0.3 is 29.4 Å². The van der Waals surface area contributed by atoms with Crippen LogP contribution < -0.4 is 5.32 Å². The molecule has 2 aromatic rings. The van der Waals surface area contributed by atoms with Crippen molar-refractivity contribution >= 4 is 23.1 Å². The Bertz CT molecular complexity index is 1220. The molecule has 9 heteroatoms. The Balaban J connectivity index is 1.69. The summed E-state index contributed by atoms with van der Waals surface area (Å²) in [5.41, 5.74) is 1.86. The van der Waals surface area contributed by atoms with E-state index < -0.39 is 29.4 Å². The number of benzene rings is 1. The summed E-state index contributed by atoms with van der Waals surface area (Å²) in [5, 5.41) is 24.6. The maximum Gasteiger partial charge on any atom is 0.410 e. The molecule has 1 aliphatic carbocycles. The molecule has 1 aliphatic heterocycles. The summed E-state index contributed by atoms with van der Waals surface area (Å²) in [7, 11) is 0. The lowest BCUT2D eigenvalue weighted by Gasteiger charge is -2.34. The Hall–Kier alpha value is -3.25. The zero-order valence-electron chi connectivity index (χ0n) is 21.9. The zero-order valence-corrected chi connectivity index (χ0v) is 21.9. The van der Waals surface area contributed by atoms with Crippen molar-refractivity contribution in [2.24, 2.45) is 0 Å². The van der Waals surface area contributed by atoms with Gasteiger partial charge in [0, 0.05) is 42.1 Å². The number of alkyl carbamates (subject to hydrolysis) is 1. The largest absolute Gasteiger partial charge is 0.447 e. The number of fused-ring (bicyclic) bond motifs is 3. The highest BCUT2D eigenvalue weighted by molar-refractivity contribution is 5.88. The van der Waals surface area contributed by atoms with Crippen molar-refractivity contribution < 1.29 is 24.2 Å². The Morgan fingerprint density at radius 3 is 2.67 bits per heavy atom. The second kappa shape index (κ2) is 9.32. The van der Waals surface area contributed by atoms with Crippen LogP contribution in [0.1, 0.15) is 64.8 Å². The van der Waals surface area contributed by atoms with E-state index in [0.717, 1.165) is 22.2 Å². The molecule has 2 amide bonds. The molecule has 1 saturated heterocycles. The van der Waals surface area contributed by atoms with Gasteiger partial charge in [0.1, 0.15) is 5.60 Å². The van der Waals surface area contributed by atoms with Crippen LogP contribution in [0.2, 0.25) is 0 Å². The average molecular weight is 497 g/mol. The van der Waals surface area contributed by atoms with Crippen molar-refractivity contribution in [3.05, 3.63) is 35.0 Å². The van der Waals surface area contributed by atoms with Crippen molar-refractivity contribution in [2.45, 2.75) is 96.7 Å². The fraction of sp³-hybridized carbons (Fsp3) is 0.593. The second-order valence-corrected chi connectivity index (χ2v) is 11.4. The maximum absolute atomic E-state index is 13.0. The lowest BCUT2D eigenvalue weighted by atomic mass is 9.97. The van der Waals surface area contributed by atoms with Crippen LogP contribution in [0.5, 0.6) is 0 Å². The highest BCUT2D eigenvalue weighted by atomic mass is 16.6. The number of amides is 2. The minimum absolute atomic E-state index is 0.145. The molecule has 2 heterocycles. The number of rotatable bonds is 4. The van der Waals surface area contributed by atoms with Crippen LogP contribution in [-0.2, 0) is 28.9 Å². The summed E-state index contributed by atoms with van der Waals surface area (Å²) in [6, 6.07) is 7.13. The van der Waals surface area contributed by atoms with Crippen LogP contribution >= 0.6 is 0 Å². The fourth-order valence-electron chi connectivity index (χ4n) is 5.30. The SMILES string of the molecule is CC(C)OC(=O)N[C@H]1Cc2c(n(C[C@H]3N(C(=O)OC(C)(C)C)CC[C@@]3(C)O)c3ccc(C#N)cc23)C1. The van der Waals surface area contributed by atoms with Crippen molar-refractivity contribution in [3.63, 3.8) is 0 Å². The predicted molar refractivity (Wildman–Crippen MR) is 135 cm³/mol. The van der Waals surface area contributed by atoms with Crippen LogP contribution in [-0.4, -0.2) is 62.7 Å². The van der Waals surface area contributed by atoms with Crippen molar-refractivity contribution in [2.75, 3.05) is 6.54 Å². The number of aliphatic hydroxyl groups is 1. The quantitative estimate of drug-likeness (QED) is 0.664. The molecule has 2 N–H and O–H groups in total. The van der Waals surface area contributed by atoms with Crippen LogP contribution in [0.3, 0.4) is 0 Å². The van der Waals surface area contributed by atoms with Gasteiger partial charge in [0.2, 0.25) is 0 Å². The first kappa shape index (κ1) is 25.8. The first-order valence-electron chi connectivity index (χ1n) is 12.5. The minimum Gasteiger partial charge on any atom is -0.447 e. The molecule has 1 aromatic carbocycles. The van der Waals surface area contributed by atoms with E-state index in [1.165, 1.54) is 0 Å². The summed E-state index contributed by atoms with van der Waals surface area (Å²) in [6.45, 7) is 11.6.